The summed E-state index contributed by atoms with van der Waals surface area (Å²) in [6, 6.07) is 6.87. The van der Waals surface area contributed by atoms with Gasteiger partial charge in [0.1, 0.15) is 5.52 Å². The van der Waals surface area contributed by atoms with Crippen molar-refractivity contribution in [3.8, 4) is 0 Å². The number of halogens is 2. The molecule has 2 N–H and O–H groups in total. The first kappa shape index (κ1) is 19.0. The number of hydrogen-bond acceptors (Lipinski definition) is 4. The molecule has 7 heteroatoms. The number of benzene rings is 1. The normalized spacial score (nSPS) is 25.0. The fraction of sp³-hybridized carbons (Fsp3) is 0.529. The zero-order chi connectivity index (χ0) is 15.1. The molecular weight excluding hydrogens is 349 g/mol. The number of oxazole rings is 1. The lowest BCUT2D eigenvalue weighted by Gasteiger charge is -2.28. The molecule has 2 aliphatic heterocycles. The predicted octanol–water partition coefficient (Wildman–Crippen LogP) is 3.84. The van der Waals surface area contributed by atoms with Crippen LogP contribution in [0.1, 0.15) is 38.0 Å². The molecule has 2 unspecified atom stereocenters. The molecule has 5 nitrogen and oxygen atoms in total. The summed E-state index contributed by atoms with van der Waals surface area (Å²) in [4.78, 5) is 16.5. The minimum atomic E-state index is 0. The zero-order valence-electron chi connectivity index (χ0n) is 13.6. The summed E-state index contributed by atoms with van der Waals surface area (Å²) in [5.74, 6) is 1.25. The van der Waals surface area contributed by atoms with Crippen LogP contribution in [0, 0.1) is 12.8 Å². The number of nitrogens with one attached hydrogen (secondary N) is 2. The molecule has 24 heavy (non-hydrogen) atoms. The lowest BCUT2D eigenvalue weighted by molar-refractivity contribution is -0.117. The van der Waals surface area contributed by atoms with Crippen LogP contribution in [0.2, 0.25) is 0 Å². The number of rotatable bonds is 3. The summed E-state index contributed by atoms with van der Waals surface area (Å²) in [5, 5.41) is 6.61. The van der Waals surface area contributed by atoms with E-state index in [2.05, 4.69) is 15.6 Å². The van der Waals surface area contributed by atoms with Crippen molar-refractivity contribution in [2.75, 3.05) is 5.32 Å². The first-order valence-corrected chi connectivity index (χ1v) is 8.09. The zero-order valence-corrected chi connectivity index (χ0v) is 15.2. The van der Waals surface area contributed by atoms with Crippen molar-refractivity contribution < 1.29 is 9.21 Å². The number of hydrogen-bond donors (Lipinski definition) is 2. The van der Waals surface area contributed by atoms with Gasteiger partial charge in [-0.25, -0.2) is 4.98 Å². The topological polar surface area (TPSA) is 67.2 Å². The van der Waals surface area contributed by atoms with Gasteiger partial charge in [0, 0.05) is 37.2 Å². The van der Waals surface area contributed by atoms with Crippen LogP contribution in [0.4, 0.5) is 5.69 Å². The molecule has 3 heterocycles. The van der Waals surface area contributed by atoms with Gasteiger partial charge in [-0.3, -0.25) is 4.79 Å². The molecule has 0 radical (unpaired) electrons. The van der Waals surface area contributed by atoms with E-state index in [1.165, 1.54) is 12.8 Å². The summed E-state index contributed by atoms with van der Waals surface area (Å²) in [5.41, 5.74) is 2.33. The van der Waals surface area contributed by atoms with E-state index in [9.17, 15) is 4.79 Å². The lowest BCUT2D eigenvalue weighted by atomic mass is 9.89. The number of aryl methyl sites for hydroxylation is 1. The second kappa shape index (κ2) is 7.72. The van der Waals surface area contributed by atoms with E-state index >= 15 is 0 Å². The van der Waals surface area contributed by atoms with Gasteiger partial charge >= 0.3 is 0 Å². The van der Waals surface area contributed by atoms with Gasteiger partial charge in [0.15, 0.2) is 11.5 Å². The van der Waals surface area contributed by atoms with Crippen LogP contribution in [-0.4, -0.2) is 23.0 Å². The van der Waals surface area contributed by atoms with Crippen LogP contribution in [0.15, 0.2) is 22.6 Å². The number of piperidine rings is 1. The lowest BCUT2D eigenvalue weighted by Crippen LogP contribution is -2.39. The van der Waals surface area contributed by atoms with Crippen molar-refractivity contribution >= 4 is 47.5 Å². The number of nitrogens with zero attached hydrogens (tertiary/aromatic N) is 1. The molecule has 2 saturated heterocycles. The molecule has 2 fully saturated rings. The SMILES string of the molecule is Cc1nc2ccc(NC(=O)CC3CC4CCC(C3)N4)cc2o1.Cl.Cl. The van der Waals surface area contributed by atoms with Crippen molar-refractivity contribution in [2.45, 2.75) is 51.1 Å². The predicted molar refractivity (Wildman–Crippen MR) is 99.2 cm³/mol. The monoisotopic (exact) mass is 371 g/mol. The van der Waals surface area contributed by atoms with Gasteiger partial charge in [-0.1, -0.05) is 0 Å². The second-order valence-corrected chi connectivity index (χ2v) is 6.64. The van der Waals surface area contributed by atoms with Crippen LogP contribution in [-0.2, 0) is 4.79 Å². The third-order valence-corrected chi connectivity index (χ3v) is 4.82. The minimum Gasteiger partial charge on any atom is -0.441 e. The molecule has 2 atom stereocenters. The first-order chi connectivity index (χ1) is 10.7. The van der Waals surface area contributed by atoms with Gasteiger partial charge < -0.3 is 15.1 Å². The average molecular weight is 372 g/mol. The summed E-state index contributed by atoms with van der Waals surface area (Å²) < 4.78 is 5.51. The third kappa shape index (κ3) is 4.02. The van der Waals surface area contributed by atoms with Crippen LogP contribution < -0.4 is 10.6 Å². The Hall–Kier alpha value is -1.30. The average Bonchev–Trinajstić information content (AvgIpc) is 2.99. The Morgan fingerprint density at radius 1 is 1.29 bits per heavy atom. The number of carbonyl (C=O) groups is 1. The highest BCUT2D eigenvalue weighted by Gasteiger charge is 2.34. The van der Waals surface area contributed by atoms with Gasteiger partial charge in [0.25, 0.3) is 0 Å². The summed E-state index contributed by atoms with van der Waals surface area (Å²) in [7, 11) is 0. The molecule has 1 amide bonds. The van der Waals surface area contributed by atoms with Crippen LogP contribution in [0.25, 0.3) is 11.1 Å². The molecule has 0 spiro atoms. The van der Waals surface area contributed by atoms with E-state index < -0.39 is 0 Å². The Balaban J connectivity index is 0.00000104. The quantitative estimate of drug-likeness (QED) is 0.859. The standard InChI is InChI=1S/C17H21N3O2.2ClH/c1-10-18-15-5-4-14(9-16(15)22-10)20-17(21)8-11-6-12-2-3-13(7-11)19-12;;/h4-5,9,11-13,19H,2-3,6-8H2,1H3,(H,20,21);2*1H. The van der Waals surface area contributed by atoms with E-state index in [1.54, 1.807) is 0 Å². The van der Waals surface area contributed by atoms with E-state index in [1.807, 2.05) is 25.1 Å². The molecule has 2 aromatic rings. The van der Waals surface area contributed by atoms with Crippen molar-refractivity contribution in [1.29, 1.82) is 0 Å². The van der Waals surface area contributed by atoms with E-state index in [4.69, 9.17) is 4.42 Å². The summed E-state index contributed by atoms with van der Waals surface area (Å²) in [6.07, 6.45) is 5.41. The molecule has 1 aromatic carbocycles. The highest BCUT2D eigenvalue weighted by Crippen LogP contribution is 2.32. The highest BCUT2D eigenvalue weighted by molar-refractivity contribution is 5.92. The Labute approximate surface area is 153 Å². The molecule has 1 aromatic heterocycles. The fourth-order valence-electron chi connectivity index (χ4n) is 3.93. The molecule has 0 saturated carbocycles. The van der Waals surface area contributed by atoms with Gasteiger partial charge in [0.05, 0.1) is 0 Å². The largest absolute Gasteiger partial charge is 0.441 e. The molecule has 2 aliphatic rings. The van der Waals surface area contributed by atoms with Crippen molar-refractivity contribution in [1.82, 2.24) is 10.3 Å². The van der Waals surface area contributed by atoms with Crippen molar-refractivity contribution in [3.05, 3.63) is 24.1 Å². The maximum atomic E-state index is 12.3. The Bertz CT molecular complexity index is 707. The number of fused-ring (bicyclic) bond motifs is 3. The van der Waals surface area contributed by atoms with Crippen LogP contribution >= 0.6 is 24.8 Å². The molecule has 2 bridgehead atoms. The first-order valence-electron chi connectivity index (χ1n) is 8.09. The summed E-state index contributed by atoms with van der Waals surface area (Å²) >= 11 is 0. The number of anilines is 1. The van der Waals surface area contributed by atoms with Crippen molar-refractivity contribution in [2.24, 2.45) is 5.92 Å². The van der Waals surface area contributed by atoms with Gasteiger partial charge in [-0.2, -0.15) is 0 Å². The molecule has 132 valence electrons. The second-order valence-electron chi connectivity index (χ2n) is 6.64. The van der Waals surface area contributed by atoms with Gasteiger partial charge in [0.2, 0.25) is 5.91 Å². The van der Waals surface area contributed by atoms with Crippen molar-refractivity contribution in [3.63, 3.8) is 0 Å². The molecule has 0 aliphatic carbocycles. The molecule has 4 rings (SSSR count). The number of carbonyl (C=O) groups excluding carboxylic acids is 1. The maximum absolute atomic E-state index is 12.3. The molecular formula is C17H23Cl2N3O2. The summed E-state index contributed by atoms with van der Waals surface area (Å²) in [6.45, 7) is 1.82. The Kier molecular flexibility index (Phi) is 6.12. The number of aromatic nitrogens is 1. The Morgan fingerprint density at radius 3 is 2.71 bits per heavy atom. The smallest absolute Gasteiger partial charge is 0.224 e. The Morgan fingerprint density at radius 2 is 2.00 bits per heavy atom. The van der Waals surface area contributed by atoms with E-state index in [0.29, 0.717) is 30.3 Å². The van der Waals surface area contributed by atoms with E-state index in [-0.39, 0.29) is 30.7 Å². The van der Waals surface area contributed by atoms with Gasteiger partial charge in [-0.15, -0.1) is 24.8 Å². The maximum Gasteiger partial charge on any atom is 0.224 e. The fourth-order valence-corrected chi connectivity index (χ4v) is 3.93. The van der Waals surface area contributed by atoms with Gasteiger partial charge in [-0.05, 0) is 43.7 Å². The third-order valence-electron chi connectivity index (χ3n) is 4.82. The van der Waals surface area contributed by atoms with E-state index in [0.717, 1.165) is 29.6 Å². The van der Waals surface area contributed by atoms with Crippen LogP contribution in [0.3, 0.4) is 0 Å². The highest BCUT2D eigenvalue weighted by atomic mass is 35.5. The number of amides is 1. The van der Waals surface area contributed by atoms with Crippen LogP contribution in [0.5, 0.6) is 0 Å². The minimum absolute atomic E-state index is 0.